The van der Waals surface area contributed by atoms with E-state index in [1.54, 1.807) is 62.4 Å². The van der Waals surface area contributed by atoms with E-state index in [1.807, 2.05) is 37.3 Å². The van der Waals surface area contributed by atoms with Crippen molar-refractivity contribution < 1.29 is 33.7 Å². The van der Waals surface area contributed by atoms with Gasteiger partial charge < -0.3 is 19.3 Å². The number of anilines is 1. The number of nitrogens with zero attached hydrogens (tertiary/aromatic N) is 2. The highest BCUT2D eigenvalue weighted by Gasteiger charge is 2.48. The summed E-state index contributed by atoms with van der Waals surface area (Å²) in [5, 5.41) is 11.5. The normalized spacial score (nSPS) is 15.9. The van der Waals surface area contributed by atoms with Crippen LogP contribution in [0.4, 0.5) is 5.13 Å². The van der Waals surface area contributed by atoms with Gasteiger partial charge in [-0.2, -0.15) is 0 Å². The number of aliphatic hydroxyl groups is 1. The Bertz CT molecular complexity index is 1680. The highest BCUT2D eigenvalue weighted by Crippen LogP contribution is 2.45. The third kappa shape index (κ3) is 6.00. The highest BCUT2D eigenvalue weighted by molar-refractivity contribution is 7.17. The van der Waals surface area contributed by atoms with E-state index >= 15 is 0 Å². The molecule has 220 valence electrons. The first-order valence-corrected chi connectivity index (χ1v) is 14.6. The van der Waals surface area contributed by atoms with Gasteiger partial charge in [-0.25, -0.2) is 9.78 Å². The van der Waals surface area contributed by atoms with E-state index in [0.717, 1.165) is 16.9 Å². The van der Waals surface area contributed by atoms with Crippen molar-refractivity contribution in [3.8, 4) is 11.5 Å². The molecule has 1 unspecified atom stereocenters. The van der Waals surface area contributed by atoms with Gasteiger partial charge in [0, 0.05) is 5.56 Å². The first kappa shape index (κ1) is 29.5. The molecule has 1 atom stereocenters. The van der Waals surface area contributed by atoms with Crippen LogP contribution >= 0.6 is 11.3 Å². The second kappa shape index (κ2) is 12.9. The third-order valence-electron chi connectivity index (χ3n) is 6.76. The molecule has 0 radical (unpaired) electrons. The van der Waals surface area contributed by atoms with E-state index < -0.39 is 23.7 Å². The fraction of sp³-hybridized carbons (Fsp3) is 0.212. The number of aliphatic hydroxyl groups excluding tert-OH is 1. The lowest BCUT2D eigenvalue weighted by molar-refractivity contribution is -0.132. The minimum absolute atomic E-state index is 0.109. The predicted molar refractivity (Wildman–Crippen MR) is 162 cm³/mol. The minimum atomic E-state index is -1.07. The summed E-state index contributed by atoms with van der Waals surface area (Å²) >= 11 is 0.949. The molecule has 0 bridgehead atoms. The molecule has 0 saturated carbocycles. The number of ether oxygens (including phenoxy) is 3. The molecule has 1 aliphatic rings. The summed E-state index contributed by atoms with van der Waals surface area (Å²) in [4.78, 5) is 45.7. The lowest BCUT2D eigenvalue weighted by Crippen LogP contribution is -2.29. The summed E-state index contributed by atoms with van der Waals surface area (Å²) in [7, 11) is 0. The SMILES string of the molecule is CCOC(=O)c1sc(N2C(=O)C(=O)/C(=C(/O)c3ccccc3)C2c2ccc(OCc3ccccc3)c(OCC)c2)nc1C. The lowest BCUT2D eigenvalue weighted by atomic mass is 9.95. The number of ketones is 1. The average Bonchev–Trinajstić information content (AvgIpc) is 3.53. The zero-order valence-corrected chi connectivity index (χ0v) is 24.7. The monoisotopic (exact) mass is 598 g/mol. The van der Waals surface area contributed by atoms with E-state index in [0.29, 0.717) is 41.5 Å². The molecule has 1 aromatic heterocycles. The predicted octanol–water partition coefficient (Wildman–Crippen LogP) is 6.23. The standard InChI is InChI=1S/C33H30N2O7S/c1-4-40-25-18-23(16-17-24(25)42-19-21-12-8-6-9-13-21)27-26(28(36)22-14-10-7-11-15-22)29(37)31(38)35(27)33-34-20(3)30(43-33)32(39)41-5-2/h6-18,27,36H,4-5,19H2,1-3H3/b28-26+. The molecule has 10 heteroatoms. The summed E-state index contributed by atoms with van der Waals surface area (Å²) in [6.45, 7) is 5.98. The molecule has 1 N–H and O–H groups in total. The summed E-state index contributed by atoms with van der Waals surface area (Å²) < 4.78 is 17.1. The van der Waals surface area contributed by atoms with Gasteiger partial charge in [0.2, 0.25) is 0 Å². The molecule has 1 aliphatic heterocycles. The first-order valence-electron chi connectivity index (χ1n) is 13.8. The number of thiazole rings is 1. The van der Waals surface area contributed by atoms with E-state index in [9.17, 15) is 19.5 Å². The zero-order chi connectivity index (χ0) is 30.5. The molecule has 3 aromatic carbocycles. The first-order chi connectivity index (χ1) is 20.8. The maximum absolute atomic E-state index is 13.6. The highest BCUT2D eigenvalue weighted by atomic mass is 32.1. The van der Waals surface area contributed by atoms with Crippen LogP contribution in [-0.2, 0) is 20.9 Å². The number of carbonyl (C=O) groups excluding carboxylic acids is 3. The Morgan fingerprint density at radius 2 is 1.63 bits per heavy atom. The van der Waals surface area contributed by atoms with Crippen LogP contribution in [0.15, 0.2) is 84.4 Å². The summed E-state index contributed by atoms with van der Waals surface area (Å²) in [6, 6.07) is 22.3. The number of rotatable bonds is 10. The number of aromatic nitrogens is 1. The van der Waals surface area contributed by atoms with Crippen molar-refractivity contribution in [2.24, 2.45) is 0 Å². The Balaban J connectivity index is 1.63. The van der Waals surface area contributed by atoms with Crippen LogP contribution in [0.3, 0.4) is 0 Å². The van der Waals surface area contributed by atoms with Crippen LogP contribution in [0.25, 0.3) is 5.76 Å². The molecule has 1 saturated heterocycles. The average molecular weight is 599 g/mol. The molecule has 43 heavy (non-hydrogen) atoms. The number of benzene rings is 3. The van der Waals surface area contributed by atoms with Gasteiger partial charge in [0.05, 0.1) is 30.5 Å². The van der Waals surface area contributed by atoms with Crippen LogP contribution in [0.5, 0.6) is 11.5 Å². The molecular formula is C33H30N2O7S. The van der Waals surface area contributed by atoms with Crippen LogP contribution < -0.4 is 14.4 Å². The number of hydrogen-bond donors (Lipinski definition) is 1. The smallest absolute Gasteiger partial charge is 0.350 e. The van der Waals surface area contributed by atoms with Gasteiger partial charge >= 0.3 is 11.9 Å². The molecule has 0 aliphatic carbocycles. The third-order valence-corrected chi connectivity index (χ3v) is 7.90. The minimum Gasteiger partial charge on any atom is -0.507 e. The van der Waals surface area contributed by atoms with Gasteiger partial charge in [0.25, 0.3) is 5.78 Å². The molecule has 9 nitrogen and oxygen atoms in total. The van der Waals surface area contributed by atoms with Crippen LogP contribution in [0, 0.1) is 6.92 Å². The Labute approximate surface area is 253 Å². The van der Waals surface area contributed by atoms with Crippen molar-refractivity contribution in [1.82, 2.24) is 4.98 Å². The van der Waals surface area contributed by atoms with Crippen molar-refractivity contribution in [3.05, 3.63) is 112 Å². The second-order valence-corrected chi connectivity index (χ2v) is 10.6. The molecule has 0 spiro atoms. The van der Waals surface area contributed by atoms with Crippen molar-refractivity contribution in [2.75, 3.05) is 18.1 Å². The summed E-state index contributed by atoms with van der Waals surface area (Å²) in [5.41, 5.74) is 2.09. The number of aryl methyl sites for hydroxylation is 1. The Morgan fingerprint density at radius 1 is 0.930 bits per heavy atom. The number of carbonyl (C=O) groups is 3. The van der Waals surface area contributed by atoms with E-state index in [1.165, 1.54) is 4.90 Å². The molecule has 4 aromatic rings. The summed E-state index contributed by atoms with van der Waals surface area (Å²) in [6.07, 6.45) is 0. The van der Waals surface area contributed by atoms with E-state index in [2.05, 4.69) is 4.98 Å². The van der Waals surface area contributed by atoms with Crippen LogP contribution in [0.2, 0.25) is 0 Å². The fourth-order valence-corrected chi connectivity index (χ4v) is 5.77. The molecular weight excluding hydrogens is 568 g/mol. The largest absolute Gasteiger partial charge is 0.507 e. The van der Waals surface area contributed by atoms with Gasteiger partial charge in [0.15, 0.2) is 16.6 Å². The fourth-order valence-electron chi connectivity index (χ4n) is 4.79. The Morgan fingerprint density at radius 3 is 2.30 bits per heavy atom. The van der Waals surface area contributed by atoms with Gasteiger partial charge in [-0.1, -0.05) is 78.1 Å². The van der Waals surface area contributed by atoms with Gasteiger partial charge in [-0.05, 0) is 44.0 Å². The Kier molecular flexibility index (Phi) is 8.87. The maximum atomic E-state index is 13.6. The number of amides is 1. The van der Waals surface area contributed by atoms with Gasteiger partial charge in [-0.3, -0.25) is 14.5 Å². The van der Waals surface area contributed by atoms with Gasteiger partial charge in [-0.15, -0.1) is 0 Å². The topological polar surface area (TPSA) is 115 Å². The number of Topliss-reactive ketones (excluding diaryl/α,β-unsaturated/α-hetero) is 1. The van der Waals surface area contributed by atoms with E-state index in [4.69, 9.17) is 14.2 Å². The maximum Gasteiger partial charge on any atom is 0.350 e. The van der Waals surface area contributed by atoms with Crippen molar-refractivity contribution in [3.63, 3.8) is 0 Å². The summed E-state index contributed by atoms with van der Waals surface area (Å²) in [5.74, 6) is -1.77. The molecule has 1 fully saturated rings. The molecule has 1 amide bonds. The zero-order valence-electron chi connectivity index (χ0n) is 23.9. The van der Waals surface area contributed by atoms with Crippen LogP contribution in [-0.4, -0.2) is 41.0 Å². The quantitative estimate of drug-likeness (QED) is 0.0989. The van der Waals surface area contributed by atoms with Crippen molar-refractivity contribution in [1.29, 1.82) is 0 Å². The number of esters is 1. The van der Waals surface area contributed by atoms with Gasteiger partial charge in [0.1, 0.15) is 17.2 Å². The van der Waals surface area contributed by atoms with Crippen LogP contribution in [0.1, 0.15) is 51.9 Å². The molecule has 5 rings (SSSR count). The number of hydrogen-bond acceptors (Lipinski definition) is 9. The van der Waals surface area contributed by atoms with E-state index in [-0.39, 0.29) is 27.9 Å². The Hall–Kier alpha value is -4.96. The lowest BCUT2D eigenvalue weighted by Gasteiger charge is -2.24. The molecule has 2 heterocycles. The van der Waals surface area contributed by atoms with Crippen molar-refractivity contribution in [2.45, 2.75) is 33.4 Å². The van der Waals surface area contributed by atoms with Crippen molar-refractivity contribution >= 4 is 39.9 Å². The second-order valence-electron chi connectivity index (χ2n) is 9.58.